The molecule has 0 aromatic heterocycles. The smallest absolute Gasteiger partial charge is 0.406 e. The van der Waals surface area contributed by atoms with Gasteiger partial charge in [-0.25, -0.2) is 0 Å². The number of halogens is 3. The van der Waals surface area contributed by atoms with Gasteiger partial charge in [0.25, 0.3) is 0 Å². The van der Waals surface area contributed by atoms with E-state index in [2.05, 4.69) is 4.74 Å². The monoisotopic (exact) mass is 235 g/mol. The number of aliphatic hydroxyl groups excluding tert-OH is 1. The molecule has 90 valence electrons. The van der Waals surface area contributed by atoms with Crippen LogP contribution in [0.25, 0.3) is 0 Å². The zero-order valence-electron chi connectivity index (χ0n) is 8.37. The fourth-order valence-corrected chi connectivity index (χ4v) is 1.26. The molecule has 1 aromatic rings. The van der Waals surface area contributed by atoms with Crippen molar-refractivity contribution in [2.45, 2.75) is 12.3 Å². The summed E-state index contributed by atoms with van der Waals surface area (Å²) < 4.78 is 39.3. The first-order valence-electron chi connectivity index (χ1n) is 4.63. The molecule has 0 radical (unpaired) electrons. The van der Waals surface area contributed by atoms with Gasteiger partial charge in [0.05, 0.1) is 6.61 Å². The molecule has 0 bridgehead atoms. The SMILES string of the molecule is NCC(CO)c1ccc(OC(F)(F)F)cc1. The molecular weight excluding hydrogens is 223 g/mol. The number of hydrogen-bond acceptors (Lipinski definition) is 3. The van der Waals surface area contributed by atoms with E-state index in [1.54, 1.807) is 0 Å². The van der Waals surface area contributed by atoms with E-state index >= 15 is 0 Å². The molecule has 0 amide bonds. The van der Waals surface area contributed by atoms with Crippen LogP contribution in [-0.2, 0) is 0 Å². The molecule has 3 N–H and O–H groups in total. The molecule has 1 rings (SSSR count). The Labute approximate surface area is 90.6 Å². The molecular formula is C10H12F3NO2. The number of alkyl halides is 3. The van der Waals surface area contributed by atoms with Crippen LogP contribution in [0.3, 0.4) is 0 Å². The van der Waals surface area contributed by atoms with Crippen molar-refractivity contribution in [3.63, 3.8) is 0 Å². The van der Waals surface area contributed by atoms with Gasteiger partial charge in [-0.1, -0.05) is 12.1 Å². The lowest BCUT2D eigenvalue weighted by Gasteiger charge is -2.13. The Kier molecular flexibility index (Phi) is 4.14. The second-order valence-corrected chi connectivity index (χ2v) is 3.23. The van der Waals surface area contributed by atoms with E-state index < -0.39 is 6.36 Å². The highest BCUT2D eigenvalue weighted by Gasteiger charge is 2.31. The van der Waals surface area contributed by atoms with Crippen molar-refractivity contribution in [1.29, 1.82) is 0 Å². The van der Waals surface area contributed by atoms with E-state index in [0.717, 1.165) is 0 Å². The Bertz CT molecular complexity index is 320. The van der Waals surface area contributed by atoms with Crippen LogP contribution in [0.15, 0.2) is 24.3 Å². The van der Waals surface area contributed by atoms with Gasteiger partial charge in [-0.05, 0) is 17.7 Å². The largest absolute Gasteiger partial charge is 0.573 e. The lowest BCUT2D eigenvalue weighted by molar-refractivity contribution is -0.274. The summed E-state index contributed by atoms with van der Waals surface area (Å²) in [4.78, 5) is 0. The van der Waals surface area contributed by atoms with Gasteiger partial charge in [0.15, 0.2) is 0 Å². The van der Waals surface area contributed by atoms with Crippen LogP contribution >= 0.6 is 0 Å². The summed E-state index contributed by atoms with van der Waals surface area (Å²) in [5.74, 6) is -0.551. The van der Waals surface area contributed by atoms with Crippen molar-refractivity contribution in [2.24, 2.45) is 5.73 Å². The molecule has 0 aliphatic carbocycles. The van der Waals surface area contributed by atoms with Crippen LogP contribution < -0.4 is 10.5 Å². The summed E-state index contributed by atoms with van der Waals surface area (Å²) in [6.45, 7) is 0.0892. The number of hydrogen-bond donors (Lipinski definition) is 2. The minimum absolute atomic E-state index is 0.143. The van der Waals surface area contributed by atoms with E-state index in [4.69, 9.17) is 10.8 Å². The molecule has 3 nitrogen and oxygen atoms in total. The summed E-state index contributed by atoms with van der Waals surface area (Å²) in [7, 11) is 0. The quantitative estimate of drug-likeness (QED) is 0.833. The minimum Gasteiger partial charge on any atom is -0.406 e. The highest BCUT2D eigenvalue weighted by Crippen LogP contribution is 2.24. The topological polar surface area (TPSA) is 55.5 Å². The molecule has 1 unspecified atom stereocenters. The third kappa shape index (κ3) is 3.71. The first-order valence-corrected chi connectivity index (χ1v) is 4.63. The third-order valence-electron chi connectivity index (χ3n) is 2.09. The Balaban J connectivity index is 2.75. The van der Waals surface area contributed by atoms with E-state index in [0.29, 0.717) is 5.56 Å². The lowest BCUT2D eigenvalue weighted by Crippen LogP contribution is -2.18. The fraction of sp³-hybridized carbons (Fsp3) is 0.400. The van der Waals surface area contributed by atoms with E-state index in [9.17, 15) is 13.2 Å². The Hall–Kier alpha value is -1.27. The van der Waals surface area contributed by atoms with Gasteiger partial charge in [-0.3, -0.25) is 0 Å². The number of aliphatic hydroxyl groups is 1. The van der Waals surface area contributed by atoms with Crippen LogP contribution in [0, 0.1) is 0 Å². The molecule has 16 heavy (non-hydrogen) atoms. The minimum atomic E-state index is -4.69. The van der Waals surface area contributed by atoms with Gasteiger partial charge in [-0.15, -0.1) is 13.2 Å². The summed E-state index contributed by atoms with van der Waals surface area (Å²) >= 11 is 0. The first kappa shape index (κ1) is 12.8. The van der Waals surface area contributed by atoms with Gasteiger partial charge >= 0.3 is 6.36 Å². The molecule has 0 saturated carbocycles. The summed E-state index contributed by atoms with van der Waals surface area (Å²) in [6, 6.07) is 5.30. The average Bonchev–Trinajstić information content (AvgIpc) is 2.20. The predicted molar refractivity (Wildman–Crippen MR) is 52.0 cm³/mol. The average molecular weight is 235 g/mol. The maximum absolute atomic E-state index is 11.9. The summed E-state index contributed by atoms with van der Waals surface area (Å²) in [6.07, 6.45) is -4.69. The van der Waals surface area contributed by atoms with Gasteiger partial charge in [0.1, 0.15) is 5.75 Å². The molecule has 0 aliphatic rings. The molecule has 0 spiro atoms. The normalized spacial score (nSPS) is 13.6. The van der Waals surface area contributed by atoms with Crippen LogP contribution in [0.2, 0.25) is 0 Å². The molecule has 0 aliphatic heterocycles. The van der Waals surface area contributed by atoms with Gasteiger partial charge in [-0.2, -0.15) is 0 Å². The van der Waals surface area contributed by atoms with Gasteiger partial charge in [0.2, 0.25) is 0 Å². The second-order valence-electron chi connectivity index (χ2n) is 3.23. The summed E-state index contributed by atoms with van der Waals surface area (Å²) in [5, 5.41) is 8.94. The predicted octanol–water partition coefficient (Wildman–Crippen LogP) is 1.62. The van der Waals surface area contributed by atoms with Gasteiger partial charge in [0, 0.05) is 12.5 Å². The van der Waals surface area contributed by atoms with E-state index in [1.807, 2.05) is 0 Å². The zero-order chi connectivity index (χ0) is 12.2. The standard InChI is InChI=1S/C10H12F3NO2/c11-10(12,13)16-9-3-1-7(2-4-9)8(5-14)6-15/h1-4,8,15H,5-6,14H2. The Morgan fingerprint density at radius 3 is 2.19 bits per heavy atom. The maximum atomic E-state index is 11.9. The second kappa shape index (κ2) is 5.18. The first-order chi connectivity index (χ1) is 7.46. The van der Waals surface area contributed by atoms with Crippen LogP contribution in [0.1, 0.15) is 11.5 Å². The van der Waals surface area contributed by atoms with E-state index in [1.165, 1.54) is 24.3 Å². The van der Waals surface area contributed by atoms with Gasteiger partial charge < -0.3 is 15.6 Å². The molecule has 1 aromatic carbocycles. The van der Waals surface area contributed by atoms with Crippen LogP contribution in [0.4, 0.5) is 13.2 Å². The number of ether oxygens (including phenoxy) is 1. The Morgan fingerprint density at radius 1 is 1.25 bits per heavy atom. The zero-order valence-corrected chi connectivity index (χ0v) is 8.37. The number of benzene rings is 1. The lowest BCUT2D eigenvalue weighted by atomic mass is 10.0. The number of rotatable bonds is 4. The van der Waals surface area contributed by atoms with E-state index in [-0.39, 0.29) is 24.8 Å². The highest BCUT2D eigenvalue weighted by atomic mass is 19.4. The van der Waals surface area contributed by atoms with Crippen molar-refractivity contribution >= 4 is 0 Å². The molecule has 0 heterocycles. The van der Waals surface area contributed by atoms with Crippen molar-refractivity contribution in [1.82, 2.24) is 0 Å². The van der Waals surface area contributed by atoms with Crippen LogP contribution in [-0.4, -0.2) is 24.6 Å². The maximum Gasteiger partial charge on any atom is 0.573 e. The third-order valence-corrected chi connectivity index (χ3v) is 2.09. The van der Waals surface area contributed by atoms with Crippen molar-refractivity contribution in [3.05, 3.63) is 29.8 Å². The van der Waals surface area contributed by atoms with Crippen molar-refractivity contribution in [2.75, 3.05) is 13.2 Å². The Morgan fingerprint density at radius 2 is 1.81 bits per heavy atom. The molecule has 6 heteroatoms. The molecule has 0 fully saturated rings. The fourth-order valence-electron chi connectivity index (χ4n) is 1.26. The van der Waals surface area contributed by atoms with Crippen LogP contribution in [0.5, 0.6) is 5.75 Å². The number of nitrogens with two attached hydrogens (primary N) is 1. The molecule has 0 saturated heterocycles. The molecule has 1 atom stereocenters. The highest BCUT2D eigenvalue weighted by molar-refractivity contribution is 5.29. The van der Waals surface area contributed by atoms with Crippen molar-refractivity contribution < 1.29 is 23.0 Å². The van der Waals surface area contributed by atoms with Crippen molar-refractivity contribution in [3.8, 4) is 5.75 Å². The summed E-state index contributed by atoms with van der Waals surface area (Å²) in [5.41, 5.74) is 6.06.